The summed E-state index contributed by atoms with van der Waals surface area (Å²) < 4.78 is 5.58. The number of nitriles is 1. The van der Waals surface area contributed by atoms with Gasteiger partial charge < -0.3 is 10.1 Å². The first kappa shape index (κ1) is 19.6. The number of anilines is 1. The van der Waals surface area contributed by atoms with Crippen LogP contribution in [0.1, 0.15) is 30.5 Å². The van der Waals surface area contributed by atoms with Gasteiger partial charge in [-0.3, -0.25) is 4.79 Å². The maximum atomic E-state index is 12.4. The third kappa shape index (κ3) is 5.11. The minimum absolute atomic E-state index is 0.00132. The molecule has 5 heteroatoms. The summed E-state index contributed by atoms with van der Waals surface area (Å²) in [5.74, 6) is 0.107. The Bertz CT molecular complexity index is 895. The van der Waals surface area contributed by atoms with Crippen LogP contribution in [0, 0.1) is 25.2 Å². The molecule has 0 bridgehead atoms. The lowest BCUT2D eigenvalue weighted by Crippen LogP contribution is -2.14. The molecule has 0 saturated carbocycles. The lowest BCUT2D eigenvalue weighted by molar-refractivity contribution is -0.112. The van der Waals surface area contributed by atoms with Gasteiger partial charge in [0.1, 0.15) is 17.4 Å². The van der Waals surface area contributed by atoms with Crippen molar-refractivity contribution in [1.82, 2.24) is 0 Å². The first-order valence-electron chi connectivity index (χ1n) is 8.26. The smallest absolute Gasteiger partial charge is 0.266 e. The van der Waals surface area contributed by atoms with Gasteiger partial charge in [0.05, 0.1) is 11.1 Å². The van der Waals surface area contributed by atoms with Gasteiger partial charge in [0.25, 0.3) is 5.91 Å². The predicted octanol–water partition coefficient (Wildman–Crippen LogP) is 5.29. The molecule has 134 valence electrons. The zero-order valence-electron chi connectivity index (χ0n) is 15.3. The van der Waals surface area contributed by atoms with Gasteiger partial charge >= 0.3 is 0 Å². The number of hydrogen-bond acceptors (Lipinski definition) is 3. The van der Waals surface area contributed by atoms with Crippen LogP contribution in [0.15, 0.2) is 42.0 Å². The van der Waals surface area contributed by atoms with Crippen molar-refractivity contribution >= 4 is 29.3 Å². The highest BCUT2D eigenvalue weighted by molar-refractivity contribution is 6.32. The quantitative estimate of drug-likeness (QED) is 0.576. The number of aryl methyl sites for hydroxylation is 2. The summed E-state index contributed by atoms with van der Waals surface area (Å²) in [6.45, 7) is 7.71. The molecule has 0 aromatic heterocycles. The first-order chi connectivity index (χ1) is 12.3. The number of rotatable bonds is 5. The summed E-state index contributed by atoms with van der Waals surface area (Å²) in [7, 11) is 0. The summed E-state index contributed by atoms with van der Waals surface area (Å²) >= 11 is 6.21. The summed E-state index contributed by atoms with van der Waals surface area (Å²) in [4.78, 5) is 12.4. The average Bonchev–Trinajstić information content (AvgIpc) is 2.57. The van der Waals surface area contributed by atoms with Gasteiger partial charge in [-0.2, -0.15) is 5.26 Å². The molecule has 0 fully saturated rings. The van der Waals surface area contributed by atoms with Crippen LogP contribution in [0.5, 0.6) is 5.75 Å². The van der Waals surface area contributed by atoms with E-state index in [1.807, 2.05) is 52.0 Å². The van der Waals surface area contributed by atoms with Crippen LogP contribution in [0.3, 0.4) is 0 Å². The molecular weight excluding hydrogens is 348 g/mol. The third-order valence-corrected chi connectivity index (χ3v) is 3.92. The highest BCUT2D eigenvalue weighted by Gasteiger charge is 2.12. The topological polar surface area (TPSA) is 62.1 Å². The SMILES string of the molecule is Cc1ccc(NC(=O)/C(C#N)=C/c2ccc(OC(C)C)c(Cl)c2)c(C)c1. The van der Waals surface area contributed by atoms with Crippen molar-refractivity contribution in [3.63, 3.8) is 0 Å². The third-order valence-electron chi connectivity index (χ3n) is 3.62. The van der Waals surface area contributed by atoms with Crippen molar-refractivity contribution in [3.05, 3.63) is 63.7 Å². The Balaban J connectivity index is 2.23. The van der Waals surface area contributed by atoms with Gasteiger partial charge in [-0.15, -0.1) is 0 Å². The lowest BCUT2D eigenvalue weighted by Gasteiger charge is -2.11. The number of carbonyl (C=O) groups excluding carboxylic acids is 1. The van der Waals surface area contributed by atoms with Crippen molar-refractivity contribution in [1.29, 1.82) is 5.26 Å². The second-order valence-corrected chi connectivity index (χ2v) is 6.71. The van der Waals surface area contributed by atoms with E-state index >= 15 is 0 Å². The second kappa shape index (κ2) is 8.55. The fourth-order valence-corrected chi connectivity index (χ4v) is 2.65. The van der Waals surface area contributed by atoms with Gasteiger partial charge in [-0.05, 0) is 63.1 Å². The van der Waals surface area contributed by atoms with Gasteiger partial charge in [0.2, 0.25) is 0 Å². The fraction of sp³-hybridized carbons (Fsp3) is 0.238. The minimum Gasteiger partial charge on any atom is -0.489 e. The number of hydrogen-bond donors (Lipinski definition) is 1. The van der Waals surface area contributed by atoms with E-state index in [4.69, 9.17) is 16.3 Å². The molecule has 0 heterocycles. The van der Waals surface area contributed by atoms with E-state index in [-0.39, 0.29) is 11.7 Å². The van der Waals surface area contributed by atoms with E-state index in [0.29, 0.717) is 22.0 Å². The maximum Gasteiger partial charge on any atom is 0.266 e. The van der Waals surface area contributed by atoms with E-state index in [2.05, 4.69) is 5.32 Å². The number of nitrogens with one attached hydrogen (secondary N) is 1. The monoisotopic (exact) mass is 368 g/mol. The summed E-state index contributed by atoms with van der Waals surface area (Å²) in [5, 5.41) is 12.6. The molecule has 1 N–H and O–H groups in total. The van der Waals surface area contributed by atoms with E-state index < -0.39 is 5.91 Å². The predicted molar refractivity (Wildman–Crippen MR) is 105 cm³/mol. The Labute approximate surface area is 159 Å². The van der Waals surface area contributed by atoms with Gasteiger partial charge in [0.15, 0.2) is 0 Å². The van der Waals surface area contributed by atoms with Crippen LogP contribution in [0.25, 0.3) is 6.08 Å². The molecule has 1 amide bonds. The Hall–Kier alpha value is -2.77. The molecule has 0 radical (unpaired) electrons. The van der Waals surface area contributed by atoms with Crippen molar-refractivity contribution in [2.24, 2.45) is 0 Å². The number of carbonyl (C=O) groups is 1. The Morgan fingerprint density at radius 2 is 1.96 bits per heavy atom. The molecule has 2 aromatic rings. The van der Waals surface area contributed by atoms with Crippen LogP contribution in [-0.4, -0.2) is 12.0 Å². The summed E-state index contributed by atoms with van der Waals surface area (Å²) in [5.41, 5.74) is 3.38. The van der Waals surface area contributed by atoms with Crippen molar-refractivity contribution in [2.75, 3.05) is 5.32 Å². The normalized spacial score (nSPS) is 11.2. The second-order valence-electron chi connectivity index (χ2n) is 6.30. The number of amides is 1. The van der Waals surface area contributed by atoms with Gasteiger partial charge in [-0.25, -0.2) is 0 Å². The molecule has 0 saturated heterocycles. The van der Waals surface area contributed by atoms with Gasteiger partial charge in [-0.1, -0.05) is 35.4 Å². The summed E-state index contributed by atoms with van der Waals surface area (Å²) in [6, 6.07) is 12.8. The molecule has 0 spiro atoms. The Morgan fingerprint density at radius 3 is 2.54 bits per heavy atom. The molecule has 0 aliphatic carbocycles. The lowest BCUT2D eigenvalue weighted by atomic mass is 10.1. The molecular formula is C21H21ClN2O2. The van der Waals surface area contributed by atoms with E-state index in [9.17, 15) is 10.1 Å². The number of ether oxygens (including phenoxy) is 1. The zero-order valence-corrected chi connectivity index (χ0v) is 16.0. The van der Waals surface area contributed by atoms with Crippen LogP contribution in [0.4, 0.5) is 5.69 Å². The Kier molecular flexibility index (Phi) is 6.43. The largest absolute Gasteiger partial charge is 0.489 e. The van der Waals surface area contributed by atoms with Crippen LogP contribution in [-0.2, 0) is 4.79 Å². The molecule has 0 aliphatic heterocycles. The van der Waals surface area contributed by atoms with E-state index in [1.165, 1.54) is 6.08 Å². The molecule has 0 unspecified atom stereocenters. The highest BCUT2D eigenvalue weighted by Crippen LogP contribution is 2.27. The zero-order chi connectivity index (χ0) is 19.3. The summed E-state index contributed by atoms with van der Waals surface area (Å²) in [6.07, 6.45) is 1.51. The first-order valence-corrected chi connectivity index (χ1v) is 8.64. The fourth-order valence-electron chi connectivity index (χ4n) is 2.42. The molecule has 2 rings (SSSR count). The molecule has 4 nitrogen and oxygen atoms in total. The van der Waals surface area contributed by atoms with Crippen molar-refractivity contribution in [2.45, 2.75) is 33.8 Å². The van der Waals surface area contributed by atoms with Gasteiger partial charge in [0, 0.05) is 5.69 Å². The number of benzene rings is 2. The standard InChI is InChI=1S/C21H21ClN2O2/c1-13(2)26-20-8-6-16(11-18(20)22)10-17(12-23)21(25)24-19-7-5-14(3)9-15(19)4/h5-11,13H,1-4H3,(H,24,25)/b17-10+. The maximum absolute atomic E-state index is 12.4. The molecule has 26 heavy (non-hydrogen) atoms. The van der Waals surface area contributed by atoms with Crippen molar-refractivity contribution in [3.8, 4) is 11.8 Å². The number of halogens is 1. The van der Waals surface area contributed by atoms with E-state index in [1.54, 1.807) is 18.2 Å². The average molecular weight is 369 g/mol. The highest BCUT2D eigenvalue weighted by atomic mass is 35.5. The molecule has 0 aliphatic rings. The molecule has 0 atom stereocenters. The number of nitrogens with zero attached hydrogens (tertiary/aromatic N) is 1. The van der Waals surface area contributed by atoms with Crippen LogP contribution >= 0.6 is 11.6 Å². The van der Waals surface area contributed by atoms with Crippen molar-refractivity contribution < 1.29 is 9.53 Å². The molecule has 2 aromatic carbocycles. The minimum atomic E-state index is -0.460. The van der Waals surface area contributed by atoms with Crippen LogP contribution < -0.4 is 10.1 Å². The van der Waals surface area contributed by atoms with E-state index in [0.717, 1.165) is 11.1 Å². The van der Waals surface area contributed by atoms with Crippen LogP contribution in [0.2, 0.25) is 5.02 Å². The Morgan fingerprint density at radius 1 is 1.23 bits per heavy atom.